The smallest absolute Gasteiger partial charge is 0.392 e. The molecule has 1 aromatic heterocycles. The fourth-order valence-corrected chi connectivity index (χ4v) is 1.03. The third-order valence-electron chi connectivity index (χ3n) is 1.64. The average Bonchev–Trinajstić information content (AvgIpc) is 2.16. The summed E-state index contributed by atoms with van der Waals surface area (Å²) in [6.45, 7) is -0.440. The normalized spacial score (nSPS) is 11.2. The maximum Gasteiger partial charge on any atom is 0.392 e. The Morgan fingerprint density at radius 1 is 1.50 bits per heavy atom. The van der Waals surface area contributed by atoms with Crippen molar-refractivity contribution in [3.63, 3.8) is 0 Å². The quantitative estimate of drug-likeness (QED) is 0.831. The Bertz CT molecular complexity index is 381. The molecule has 3 nitrogen and oxygen atoms in total. The van der Waals surface area contributed by atoms with Gasteiger partial charge in [0.1, 0.15) is 16.4 Å². The summed E-state index contributed by atoms with van der Waals surface area (Å²) in [7, 11) is 0. The van der Waals surface area contributed by atoms with E-state index >= 15 is 0 Å². The van der Waals surface area contributed by atoms with Gasteiger partial charge in [0.05, 0.1) is 13.0 Å². The minimum Gasteiger partial charge on any atom is -0.493 e. The van der Waals surface area contributed by atoms with Gasteiger partial charge in [0.15, 0.2) is 0 Å². The fourth-order valence-electron chi connectivity index (χ4n) is 0.920. The molecule has 0 atom stereocenters. The van der Waals surface area contributed by atoms with E-state index in [1.165, 1.54) is 18.3 Å². The van der Waals surface area contributed by atoms with Crippen LogP contribution in [-0.2, 0) is 0 Å². The molecule has 0 aromatic carbocycles. The molecule has 0 radical (unpaired) electrons. The molecule has 0 aliphatic carbocycles. The summed E-state index contributed by atoms with van der Waals surface area (Å²) < 4.78 is 40.4. The van der Waals surface area contributed by atoms with Gasteiger partial charge in [0.25, 0.3) is 0 Å². The van der Waals surface area contributed by atoms with Crippen LogP contribution in [0, 0.1) is 0 Å². The van der Waals surface area contributed by atoms with Crippen LogP contribution in [0.5, 0.6) is 5.75 Å². The van der Waals surface area contributed by atoms with Crippen molar-refractivity contribution < 1.29 is 17.9 Å². The van der Waals surface area contributed by atoms with Gasteiger partial charge in [-0.05, 0) is 6.07 Å². The molecule has 0 amide bonds. The van der Waals surface area contributed by atoms with Gasteiger partial charge in [-0.25, -0.2) is 0 Å². The van der Waals surface area contributed by atoms with Crippen molar-refractivity contribution in [3.8, 4) is 5.75 Å². The predicted molar refractivity (Wildman–Crippen MR) is 56.3 cm³/mol. The molecule has 2 N–H and O–H groups in total. The average molecular weight is 250 g/mol. The van der Waals surface area contributed by atoms with Gasteiger partial charge in [-0.2, -0.15) is 13.2 Å². The Morgan fingerprint density at radius 3 is 2.75 bits per heavy atom. The predicted octanol–water partition coefficient (Wildman–Crippen LogP) is 2.05. The zero-order valence-corrected chi connectivity index (χ0v) is 8.94. The lowest BCUT2D eigenvalue weighted by atomic mass is 10.3. The molecule has 7 heteroatoms. The SMILES string of the molecule is NC(=S)c1cc(OCCC(F)(F)F)ccn1. The van der Waals surface area contributed by atoms with Crippen molar-refractivity contribution in [3.05, 3.63) is 24.0 Å². The monoisotopic (exact) mass is 250 g/mol. The van der Waals surface area contributed by atoms with Crippen molar-refractivity contribution in [1.82, 2.24) is 4.98 Å². The van der Waals surface area contributed by atoms with E-state index in [1.54, 1.807) is 0 Å². The van der Waals surface area contributed by atoms with Crippen molar-refractivity contribution in [2.24, 2.45) is 5.73 Å². The molecule has 0 bridgehead atoms. The zero-order valence-electron chi connectivity index (χ0n) is 8.12. The fraction of sp³-hybridized carbons (Fsp3) is 0.333. The number of alkyl halides is 3. The van der Waals surface area contributed by atoms with Gasteiger partial charge in [-0.1, -0.05) is 12.2 Å². The molecule has 0 aliphatic rings. The van der Waals surface area contributed by atoms with E-state index in [0.29, 0.717) is 5.69 Å². The second kappa shape index (κ2) is 5.11. The first-order valence-corrected chi connectivity index (χ1v) is 4.75. The highest BCUT2D eigenvalue weighted by Gasteiger charge is 2.26. The van der Waals surface area contributed by atoms with E-state index in [4.69, 9.17) is 10.5 Å². The second-order valence-electron chi connectivity index (χ2n) is 2.95. The first-order valence-electron chi connectivity index (χ1n) is 4.34. The molecule has 0 saturated carbocycles. The number of thiocarbonyl (C=S) groups is 1. The molecule has 0 saturated heterocycles. The van der Waals surface area contributed by atoms with E-state index in [2.05, 4.69) is 17.2 Å². The molecule has 1 heterocycles. The van der Waals surface area contributed by atoms with Crippen LogP contribution in [0.3, 0.4) is 0 Å². The third kappa shape index (κ3) is 4.43. The minimum atomic E-state index is -4.22. The van der Waals surface area contributed by atoms with Crippen LogP contribution in [0.1, 0.15) is 12.1 Å². The lowest BCUT2D eigenvalue weighted by Crippen LogP contribution is -2.14. The van der Waals surface area contributed by atoms with E-state index in [9.17, 15) is 13.2 Å². The first-order chi connectivity index (χ1) is 7.38. The van der Waals surface area contributed by atoms with E-state index in [0.717, 1.165) is 0 Å². The lowest BCUT2D eigenvalue weighted by Gasteiger charge is -2.08. The van der Waals surface area contributed by atoms with Gasteiger partial charge in [0.2, 0.25) is 0 Å². The minimum absolute atomic E-state index is 0.0706. The van der Waals surface area contributed by atoms with Crippen LogP contribution in [0.4, 0.5) is 13.2 Å². The molecule has 0 spiro atoms. The standard InChI is InChI=1S/C9H9F3N2OS/c10-9(11,12)2-4-15-6-1-3-14-7(5-6)8(13)16/h1,3,5H,2,4H2,(H2,13,16). The van der Waals surface area contributed by atoms with Crippen molar-refractivity contribution in [2.75, 3.05) is 6.61 Å². The van der Waals surface area contributed by atoms with Crippen LogP contribution >= 0.6 is 12.2 Å². The molecule has 0 fully saturated rings. The Hall–Kier alpha value is -1.37. The van der Waals surface area contributed by atoms with Crippen LogP contribution in [-0.4, -0.2) is 22.8 Å². The summed E-state index contributed by atoms with van der Waals surface area (Å²) in [6.07, 6.45) is -3.85. The number of nitrogens with zero attached hydrogens (tertiary/aromatic N) is 1. The number of ether oxygens (including phenoxy) is 1. The van der Waals surface area contributed by atoms with Gasteiger partial charge < -0.3 is 10.5 Å². The Labute approximate surface area is 95.4 Å². The van der Waals surface area contributed by atoms with Crippen LogP contribution in [0.15, 0.2) is 18.3 Å². The van der Waals surface area contributed by atoms with Crippen LogP contribution in [0.25, 0.3) is 0 Å². The van der Waals surface area contributed by atoms with Crippen molar-refractivity contribution >= 4 is 17.2 Å². The second-order valence-corrected chi connectivity index (χ2v) is 3.39. The largest absolute Gasteiger partial charge is 0.493 e. The Kier molecular flexibility index (Phi) is 4.05. The van der Waals surface area contributed by atoms with Crippen LogP contribution < -0.4 is 10.5 Å². The van der Waals surface area contributed by atoms with Gasteiger partial charge in [0, 0.05) is 12.3 Å². The van der Waals surface area contributed by atoms with Gasteiger partial charge in [-0.15, -0.1) is 0 Å². The van der Waals surface area contributed by atoms with E-state index < -0.39 is 19.2 Å². The number of rotatable bonds is 4. The maximum absolute atomic E-state index is 11.8. The molecule has 0 aliphatic heterocycles. The Balaban J connectivity index is 2.55. The van der Waals surface area contributed by atoms with Gasteiger partial charge in [-0.3, -0.25) is 4.98 Å². The van der Waals surface area contributed by atoms with Crippen molar-refractivity contribution in [1.29, 1.82) is 0 Å². The summed E-state index contributed by atoms with van der Waals surface area (Å²) >= 11 is 4.67. The molecule has 0 unspecified atom stereocenters. The summed E-state index contributed by atoms with van der Waals surface area (Å²) in [5.41, 5.74) is 5.63. The van der Waals surface area contributed by atoms with E-state index in [1.807, 2.05) is 0 Å². The maximum atomic E-state index is 11.8. The summed E-state index contributed by atoms with van der Waals surface area (Å²) in [5, 5.41) is 0. The van der Waals surface area contributed by atoms with Gasteiger partial charge >= 0.3 is 6.18 Å². The zero-order chi connectivity index (χ0) is 12.2. The molecule has 1 aromatic rings. The highest BCUT2D eigenvalue weighted by Crippen LogP contribution is 2.20. The molecular weight excluding hydrogens is 241 g/mol. The molecular formula is C9H9F3N2OS. The summed E-state index contributed by atoms with van der Waals surface area (Å²) in [6, 6.07) is 2.84. The Morgan fingerprint density at radius 2 is 2.19 bits per heavy atom. The number of nitrogens with two attached hydrogens (primary N) is 1. The van der Waals surface area contributed by atoms with E-state index in [-0.39, 0.29) is 10.7 Å². The van der Waals surface area contributed by atoms with Crippen molar-refractivity contribution in [2.45, 2.75) is 12.6 Å². The highest BCUT2D eigenvalue weighted by atomic mass is 32.1. The van der Waals surface area contributed by atoms with Crippen LogP contribution in [0.2, 0.25) is 0 Å². The number of hydrogen-bond acceptors (Lipinski definition) is 3. The lowest BCUT2D eigenvalue weighted by molar-refractivity contribution is -0.139. The number of pyridine rings is 1. The number of aromatic nitrogens is 1. The topological polar surface area (TPSA) is 48.1 Å². The number of hydrogen-bond donors (Lipinski definition) is 1. The molecule has 1 rings (SSSR count). The first kappa shape index (κ1) is 12.7. The highest BCUT2D eigenvalue weighted by molar-refractivity contribution is 7.80. The number of halogens is 3. The molecule has 16 heavy (non-hydrogen) atoms. The summed E-state index contributed by atoms with van der Waals surface area (Å²) in [5.74, 6) is 0.266. The third-order valence-corrected chi connectivity index (χ3v) is 1.85. The molecule has 88 valence electrons. The summed E-state index contributed by atoms with van der Waals surface area (Å²) in [4.78, 5) is 3.90.